The zero-order valence-electron chi connectivity index (χ0n) is 13.2. The first-order chi connectivity index (χ1) is 11.5. The fourth-order valence-electron chi connectivity index (χ4n) is 2.32. The maximum Gasteiger partial charge on any atom is 0.265 e. The van der Waals surface area contributed by atoms with E-state index in [9.17, 15) is 8.42 Å². The lowest BCUT2D eigenvalue weighted by Crippen LogP contribution is -2.14. The molecule has 1 N–H and O–H groups in total. The highest BCUT2D eigenvalue weighted by Gasteiger charge is 2.21. The molecule has 0 unspecified atom stereocenters. The minimum absolute atomic E-state index is 0.0942. The molecule has 0 saturated carbocycles. The highest BCUT2D eigenvalue weighted by molar-refractivity contribution is 7.92. The molecular formula is C17H16N2O3S2. The first kappa shape index (κ1) is 16.5. The van der Waals surface area contributed by atoms with Crippen LogP contribution in [0.1, 0.15) is 5.01 Å². The zero-order valence-corrected chi connectivity index (χ0v) is 14.8. The summed E-state index contributed by atoms with van der Waals surface area (Å²) in [5, 5.41) is 2.83. The number of hydrogen-bond donors (Lipinski definition) is 1. The Morgan fingerprint density at radius 1 is 1.08 bits per heavy atom. The van der Waals surface area contributed by atoms with Crippen molar-refractivity contribution in [3.8, 4) is 17.0 Å². The average molecular weight is 360 g/mol. The van der Waals surface area contributed by atoms with Gasteiger partial charge in [0.15, 0.2) is 0 Å². The van der Waals surface area contributed by atoms with Crippen molar-refractivity contribution in [1.29, 1.82) is 0 Å². The van der Waals surface area contributed by atoms with Crippen molar-refractivity contribution in [1.82, 2.24) is 4.98 Å². The van der Waals surface area contributed by atoms with Crippen LogP contribution >= 0.6 is 11.3 Å². The van der Waals surface area contributed by atoms with E-state index in [2.05, 4.69) is 9.71 Å². The molecule has 0 aliphatic heterocycles. The third kappa shape index (κ3) is 3.27. The van der Waals surface area contributed by atoms with Crippen LogP contribution in [0.5, 0.6) is 5.75 Å². The van der Waals surface area contributed by atoms with E-state index >= 15 is 0 Å². The highest BCUT2D eigenvalue weighted by Crippen LogP contribution is 2.32. The molecule has 3 aromatic rings. The van der Waals surface area contributed by atoms with E-state index in [0.29, 0.717) is 11.4 Å². The Morgan fingerprint density at radius 2 is 1.79 bits per heavy atom. The number of thiazole rings is 1. The van der Waals surface area contributed by atoms with Crippen LogP contribution in [0.3, 0.4) is 0 Å². The van der Waals surface area contributed by atoms with Gasteiger partial charge in [-0.15, -0.1) is 11.3 Å². The number of sulfonamides is 1. The zero-order chi connectivity index (χ0) is 17.2. The Morgan fingerprint density at radius 3 is 2.50 bits per heavy atom. The number of nitrogens with zero attached hydrogens (tertiary/aromatic N) is 1. The summed E-state index contributed by atoms with van der Waals surface area (Å²) in [6, 6.07) is 13.7. The van der Waals surface area contributed by atoms with Crippen LogP contribution in [0.15, 0.2) is 58.8 Å². The molecule has 1 heterocycles. The topological polar surface area (TPSA) is 68.3 Å². The molecule has 0 radical (unpaired) electrons. The van der Waals surface area contributed by atoms with Crippen molar-refractivity contribution in [2.45, 2.75) is 11.8 Å². The minimum Gasteiger partial charge on any atom is -0.495 e. The average Bonchev–Trinajstić information content (AvgIpc) is 3.01. The Bertz CT molecular complexity index is 965. The van der Waals surface area contributed by atoms with Gasteiger partial charge in [0, 0.05) is 10.9 Å². The molecule has 7 heteroatoms. The summed E-state index contributed by atoms with van der Waals surface area (Å²) in [6.45, 7) is 1.91. The summed E-state index contributed by atoms with van der Waals surface area (Å²) in [5.74, 6) is 0.298. The molecule has 0 saturated heterocycles. The van der Waals surface area contributed by atoms with Gasteiger partial charge in [0.05, 0.1) is 23.5 Å². The fourth-order valence-corrected chi connectivity index (χ4v) is 4.19. The monoisotopic (exact) mass is 360 g/mol. The van der Waals surface area contributed by atoms with Gasteiger partial charge in [-0.05, 0) is 25.1 Å². The van der Waals surface area contributed by atoms with E-state index in [0.717, 1.165) is 16.3 Å². The lowest BCUT2D eigenvalue weighted by molar-refractivity contribution is 0.403. The number of benzene rings is 2. The third-order valence-electron chi connectivity index (χ3n) is 3.42. The number of para-hydroxylation sites is 2. The van der Waals surface area contributed by atoms with Crippen LogP contribution in [0.2, 0.25) is 0 Å². The number of ether oxygens (including phenoxy) is 1. The van der Waals surface area contributed by atoms with Crippen molar-refractivity contribution in [2.75, 3.05) is 11.8 Å². The van der Waals surface area contributed by atoms with Crippen molar-refractivity contribution in [2.24, 2.45) is 0 Å². The summed E-state index contributed by atoms with van der Waals surface area (Å²) in [7, 11) is -2.33. The van der Waals surface area contributed by atoms with Crippen molar-refractivity contribution in [3.63, 3.8) is 0 Å². The van der Waals surface area contributed by atoms with Crippen molar-refractivity contribution < 1.29 is 13.2 Å². The predicted octanol–water partition coefficient (Wildman–Crippen LogP) is 3.93. The third-order valence-corrected chi connectivity index (χ3v) is 5.60. The summed E-state index contributed by atoms with van der Waals surface area (Å²) >= 11 is 1.52. The van der Waals surface area contributed by atoms with Crippen molar-refractivity contribution in [3.05, 3.63) is 58.9 Å². The van der Waals surface area contributed by atoms with Gasteiger partial charge >= 0.3 is 0 Å². The molecular weight excluding hydrogens is 344 g/mol. The first-order valence-electron chi connectivity index (χ1n) is 7.18. The Kier molecular flexibility index (Phi) is 4.55. The molecule has 0 atom stereocenters. The second kappa shape index (κ2) is 6.62. The quantitative estimate of drug-likeness (QED) is 0.748. The van der Waals surface area contributed by atoms with Gasteiger partial charge in [-0.25, -0.2) is 13.4 Å². The maximum absolute atomic E-state index is 12.8. The molecule has 5 nitrogen and oxygen atoms in total. The molecule has 124 valence electrons. The van der Waals surface area contributed by atoms with Crippen LogP contribution in [0.25, 0.3) is 11.3 Å². The number of aryl methyl sites for hydroxylation is 1. The summed E-state index contributed by atoms with van der Waals surface area (Å²) in [4.78, 5) is 4.53. The normalized spacial score (nSPS) is 11.2. The highest BCUT2D eigenvalue weighted by atomic mass is 32.2. The van der Waals surface area contributed by atoms with E-state index in [1.807, 2.05) is 24.4 Å². The number of rotatable bonds is 5. The van der Waals surface area contributed by atoms with Crippen LogP contribution in [-0.4, -0.2) is 20.5 Å². The van der Waals surface area contributed by atoms with Crippen LogP contribution < -0.4 is 9.46 Å². The standard InChI is InChI=1S/C17H16N2O3S2/c1-12-18-15(11-23-12)13-7-3-4-8-14(13)19-24(20,21)17-10-6-5-9-16(17)22-2/h3-11,19H,1-2H3. The predicted molar refractivity (Wildman–Crippen MR) is 96.1 cm³/mol. The van der Waals surface area contributed by atoms with E-state index < -0.39 is 10.0 Å². The summed E-state index contributed by atoms with van der Waals surface area (Å²) in [6.07, 6.45) is 0. The molecule has 24 heavy (non-hydrogen) atoms. The molecule has 0 amide bonds. The van der Waals surface area contributed by atoms with Crippen LogP contribution in [0, 0.1) is 6.92 Å². The number of nitrogens with one attached hydrogen (secondary N) is 1. The Hall–Kier alpha value is -2.38. The lowest BCUT2D eigenvalue weighted by atomic mass is 10.1. The van der Waals surface area contributed by atoms with Gasteiger partial charge in [-0.2, -0.15) is 0 Å². The molecule has 0 spiro atoms. The summed E-state index contributed by atoms with van der Waals surface area (Å²) < 4.78 is 33.3. The van der Waals surface area contributed by atoms with Gasteiger partial charge in [-0.3, -0.25) is 4.72 Å². The fraction of sp³-hybridized carbons (Fsp3) is 0.118. The number of anilines is 1. The molecule has 0 aliphatic rings. The maximum atomic E-state index is 12.8. The van der Waals surface area contributed by atoms with Gasteiger partial charge in [0.25, 0.3) is 10.0 Å². The summed E-state index contributed by atoms with van der Waals surface area (Å²) in [5.41, 5.74) is 1.96. The lowest BCUT2D eigenvalue weighted by Gasteiger charge is -2.13. The smallest absolute Gasteiger partial charge is 0.265 e. The van der Waals surface area contributed by atoms with Crippen LogP contribution in [-0.2, 0) is 10.0 Å². The van der Waals surface area contributed by atoms with E-state index in [4.69, 9.17) is 4.74 Å². The molecule has 1 aromatic heterocycles. The van der Waals surface area contributed by atoms with Gasteiger partial charge < -0.3 is 4.74 Å². The second-order valence-corrected chi connectivity index (χ2v) is 7.77. The Labute approximate surface area is 145 Å². The largest absolute Gasteiger partial charge is 0.495 e. The van der Waals surface area contributed by atoms with E-state index in [1.54, 1.807) is 30.3 Å². The van der Waals surface area contributed by atoms with Gasteiger partial charge in [-0.1, -0.05) is 30.3 Å². The number of aromatic nitrogens is 1. The first-order valence-corrected chi connectivity index (χ1v) is 9.55. The number of methoxy groups -OCH3 is 1. The van der Waals surface area contributed by atoms with Gasteiger partial charge in [0.2, 0.25) is 0 Å². The minimum atomic E-state index is -3.78. The molecule has 3 rings (SSSR count). The van der Waals surface area contributed by atoms with Crippen LogP contribution in [0.4, 0.5) is 5.69 Å². The van der Waals surface area contributed by atoms with E-state index in [-0.39, 0.29) is 4.90 Å². The van der Waals surface area contributed by atoms with Gasteiger partial charge in [0.1, 0.15) is 10.6 Å². The SMILES string of the molecule is COc1ccccc1S(=O)(=O)Nc1ccccc1-c1csc(C)n1. The van der Waals surface area contributed by atoms with Crippen molar-refractivity contribution >= 4 is 27.0 Å². The van der Waals surface area contributed by atoms with E-state index in [1.165, 1.54) is 24.5 Å². The molecule has 0 aliphatic carbocycles. The number of hydrogen-bond acceptors (Lipinski definition) is 5. The molecule has 0 bridgehead atoms. The Balaban J connectivity index is 2.02. The molecule has 0 fully saturated rings. The second-order valence-electron chi connectivity index (χ2n) is 5.05. The molecule has 2 aromatic carbocycles.